The summed E-state index contributed by atoms with van der Waals surface area (Å²) in [7, 11) is -2.07. The zero-order chi connectivity index (χ0) is 19.4. The van der Waals surface area contributed by atoms with E-state index in [2.05, 4.69) is 10.0 Å². The number of rotatable bonds is 8. The number of carbonyl (C=O) groups is 1. The lowest BCUT2D eigenvalue weighted by Gasteiger charge is -2.13. The molecule has 144 valence electrons. The van der Waals surface area contributed by atoms with Crippen LogP contribution in [0.5, 0.6) is 5.75 Å². The van der Waals surface area contributed by atoms with Crippen LogP contribution >= 0.6 is 0 Å². The molecule has 2 aromatic rings. The summed E-state index contributed by atoms with van der Waals surface area (Å²) in [4.78, 5) is 12.4. The molecule has 1 aliphatic carbocycles. The number of nitrogens with one attached hydrogen (secondary N) is 2. The molecule has 1 unspecified atom stereocenters. The van der Waals surface area contributed by atoms with Crippen molar-refractivity contribution in [3.05, 3.63) is 59.7 Å². The third-order valence-corrected chi connectivity index (χ3v) is 5.78. The van der Waals surface area contributed by atoms with Crippen LogP contribution in [0.15, 0.2) is 53.4 Å². The third-order valence-electron chi connectivity index (χ3n) is 4.26. The molecule has 27 heavy (non-hydrogen) atoms. The summed E-state index contributed by atoms with van der Waals surface area (Å²) in [6.45, 7) is 0.00244. The van der Waals surface area contributed by atoms with Gasteiger partial charge in [0.25, 0.3) is 5.91 Å². The van der Waals surface area contributed by atoms with Gasteiger partial charge < -0.3 is 15.2 Å². The molecule has 0 aliphatic heterocycles. The van der Waals surface area contributed by atoms with Gasteiger partial charge in [-0.05, 0) is 48.7 Å². The lowest BCUT2D eigenvalue weighted by molar-refractivity contribution is 0.0916. The number of amides is 1. The summed E-state index contributed by atoms with van der Waals surface area (Å²) < 4.78 is 32.2. The molecule has 2 aromatic carbocycles. The van der Waals surface area contributed by atoms with Gasteiger partial charge in [-0.2, -0.15) is 0 Å². The number of carbonyl (C=O) groups excluding carboxylic acids is 1. The molecule has 1 amide bonds. The average Bonchev–Trinajstić information content (AvgIpc) is 3.49. The summed E-state index contributed by atoms with van der Waals surface area (Å²) in [6.07, 6.45) is 0.786. The number of hydrogen-bond donors (Lipinski definition) is 3. The Kier molecular flexibility index (Phi) is 5.79. The van der Waals surface area contributed by atoms with Crippen molar-refractivity contribution in [1.82, 2.24) is 10.0 Å². The molecular weight excluding hydrogens is 368 g/mol. The maximum Gasteiger partial charge on any atom is 0.251 e. The molecule has 0 spiro atoms. The minimum atomic E-state index is -3.63. The van der Waals surface area contributed by atoms with Gasteiger partial charge in [-0.25, -0.2) is 13.1 Å². The minimum Gasteiger partial charge on any atom is -0.497 e. The van der Waals surface area contributed by atoms with Crippen LogP contribution in [0, 0.1) is 0 Å². The third kappa shape index (κ3) is 5.06. The summed E-state index contributed by atoms with van der Waals surface area (Å²) in [5, 5.41) is 12.8. The fourth-order valence-electron chi connectivity index (χ4n) is 2.53. The predicted octanol–water partition coefficient (Wildman–Crippen LogP) is 1.60. The highest BCUT2D eigenvalue weighted by Gasteiger charge is 2.28. The molecule has 0 bridgehead atoms. The number of aliphatic hydroxyl groups is 1. The normalized spacial score (nSPS) is 15.2. The Bertz CT molecular complexity index is 908. The maximum absolute atomic E-state index is 12.3. The van der Waals surface area contributed by atoms with E-state index in [0.717, 1.165) is 12.8 Å². The molecule has 7 nitrogen and oxygen atoms in total. The summed E-state index contributed by atoms with van der Waals surface area (Å²) in [5.41, 5.74) is 0.858. The number of hydrogen-bond acceptors (Lipinski definition) is 5. The molecule has 3 rings (SSSR count). The Labute approximate surface area is 158 Å². The smallest absolute Gasteiger partial charge is 0.251 e. The molecule has 8 heteroatoms. The van der Waals surface area contributed by atoms with Gasteiger partial charge in [0.05, 0.1) is 18.1 Å². The quantitative estimate of drug-likeness (QED) is 0.635. The topological polar surface area (TPSA) is 105 Å². The second-order valence-electron chi connectivity index (χ2n) is 6.42. The lowest BCUT2D eigenvalue weighted by Crippen LogP contribution is -2.29. The lowest BCUT2D eigenvalue weighted by atomic mass is 10.1. The van der Waals surface area contributed by atoms with E-state index < -0.39 is 22.0 Å². The maximum atomic E-state index is 12.3. The van der Waals surface area contributed by atoms with Gasteiger partial charge in [0, 0.05) is 18.2 Å². The van der Waals surface area contributed by atoms with E-state index in [-0.39, 0.29) is 23.0 Å². The van der Waals surface area contributed by atoms with Gasteiger partial charge in [-0.3, -0.25) is 4.79 Å². The Balaban J connectivity index is 1.62. The summed E-state index contributed by atoms with van der Waals surface area (Å²) in [6, 6.07) is 12.7. The van der Waals surface area contributed by atoms with E-state index in [9.17, 15) is 18.3 Å². The first-order valence-electron chi connectivity index (χ1n) is 8.61. The first kappa shape index (κ1) is 19.3. The van der Waals surface area contributed by atoms with Crippen molar-refractivity contribution in [3.63, 3.8) is 0 Å². The van der Waals surface area contributed by atoms with Crippen LogP contribution in [0.3, 0.4) is 0 Å². The van der Waals surface area contributed by atoms with Crippen molar-refractivity contribution in [1.29, 1.82) is 0 Å². The van der Waals surface area contributed by atoms with E-state index in [1.165, 1.54) is 24.3 Å². The van der Waals surface area contributed by atoms with Gasteiger partial charge in [-0.15, -0.1) is 0 Å². The van der Waals surface area contributed by atoms with Gasteiger partial charge in [0.2, 0.25) is 10.0 Å². The van der Waals surface area contributed by atoms with Crippen molar-refractivity contribution in [2.75, 3.05) is 13.7 Å². The number of sulfonamides is 1. The van der Waals surface area contributed by atoms with E-state index in [1.54, 1.807) is 31.4 Å². The second-order valence-corrected chi connectivity index (χ2v) is 8.14. The SMILES string of the molecule is COc1ccc(C(O)CNC(=O)c2cccc(S(=O)(=O)NC3CC3)c2)cc1. The molecule has 3 N–H and O–H groups in total. The number of methoxy groups -OCH3 is 1. The predicted molar refractivity (Wildman–Crippen MR) is 100 cm³/mol. The van der Waals surface area contributed by atoms with Gasteiger partial charge >= 0.3 is 0 Å². The molecule has 0 radical (unpaired) electrons. The summed E-state index contributed by atoms with van der Waals surface area (Å²) >= 11 is 0. The Morgan fingerprint density at radius 1 is 1.22 bits per heavy atom. The highest BCUT2D eigenvalue weighted by molar-refractivity contribution is 7.89. The summed E-state index contributed by atoms with van der Waals surface area (Å²) in [5.74, 6) is 0.221. The molecule has 1 aliphatic rings. The van der Waals surface area contributed by atoms with Gasteiger partial charge in [0.15, 0.2) is 0 Å². The number of aliphatic hydroxyl groups excluding tert-OH is 1. The first-order chi connectivity index (χ1) is 12.9. The highest BCUT2D eigenvalue weighted by Crippen LogP contribution is 2.22. The van der Waals surface area contributed by atoms with E-state index >= 15 is 0 Å². The molecule has 1 atom stereocenters. The molecule has 0 aromatic heterocycles. The van der Waals surface area contributed by atoms with E-state index in [1.807, 2.05) is 0 Å². The van der Waals surface area contributed by atoms with Crippen LogP contribution in [0.2, 0.25) is 0 Å². The van der Waals surface area contributed by atoms with Crippen molar-refractivity contribution in [2.24, 2.45) is 0 Å². The van der Waals surface area contributed by atoms with Crippen molar-refractivity contribution in [2.45, 2.75) is 29.9 Å². The van der Waals surface area contributed by atoms with Crippen LogP contribution in [0.1, 0.15) is 34.9 Å². The minimum absolute atomic E-state index is 0.00244. The van der Waals surface area contributed by atoms with E-state index in [0.29, 0.717) is 11.3 Å². The van der Waals surface area contributed by atoms with Crippen LogP contribution < -0.4 is 14.8 Å². The van der Waals surface area contributed by atoms with E-state index in [4.69, 9.17) is 4.74 Å². The molecule has 0 heterocycles. The Hall–Kier alpha value is -2.42. The molecule has 1 saturated carbocycles. The van der Waals surface area contributed by atoms with Crippen LogP contribution in [-0.2, 0) is 10.0 Å². The number of ether oxygens (including phenoxy) is 1. The molecule has 1 fully saturated rings. The van der Waals surface area contributed by atoms with Crippen LogP contribution in [0.25, 0.3) is 0 Å². The van der Waals surface area contributed by atoms with Gasteiger partial charge in [-0.1, -0.05) is 18.2 Å². The highest BCUT2D eigenvalue weighted by atomic mass is 32.2. The monoisotopic (exact) mass is 390 g/mol. The largest absolute Gasteiger partial charge is 0.497 e. The van der Waals surface area contributed by atoms with Crippen molar-refractivity contribution in [3.8, 4) is 5.75 Å². The molecule has 0 saturated heterocycles. The zero-order valence-corrected chi connectivity index (χ0v) is 15.7. The fraction of sp³-hybridized carbons (Fsp3) is 0.316. The molecular formula is C19H22N2O5S. The fourth-order valence-corrected chi connectivity index (χ4v) is 3.88. The standard InChI is InChI=1S/C19H22N2O5S/c1-26-16-9-5-13(6-10-16)18(22)12-20-19(23)14-3-2-4-17(11-14)27(24,25)21-15-7-8-15/h2-6,9-11,15,18,21-22H,7-8,12H2,1H3,(H,20,23). The zero-order valence-electron chi connectivity index (χ0n) is 14.9. The Morgan fingerprint density at radius 3 is 2.56 bits per heavy atom. The average molecular weight is 390 g/mol. The first-order valence-corrected chi connectivity index (χ1v) is 10.1. The Morgan fingerprint density at radius 2 is 1.93 bits per heavy atom. The van der Waals surface area contributed by atoms with Gasteiger partial charge in [0.1, 0.15) is 5.75 Å². The number of benzene rings is 2. The van der Waals surface area contributed by atoms with Crippen LogP contribution in [0.4, 0.5) is 0 Å². The second kappa shape index (κ2) is 8.08. The van der Waals surface area contributed by atoms with Crippen LogP contribution in [-0.4, -0.2) is 39.1 Å². The van der Waals surface area contributed by atoms with Crippen molar-refractivity contribution >= 4 is 15.9 Å². The van der Waals surface area contributed by atoms with Crippen molar-refractivity contribution < 1.29 is 23.1 Å².